The van der Waals surface area contributed by atoms with Crippen LogP contribution in [0.25, 0.3) is 0 Å². The van der Waals surface area contributed by atoms with Crippen molar-refractivity contribution in [3.05, 3.63) is 122 Å². The van der Waals surface area contributed by atoms with Crippen molar-refractivity contribution >= 4 is 28.6 Å². The predicted octanol–water partition coefficient (Wildman–Crippen LogP) is 5.12. The first kappa shape index (κ1) is 25.3. The second-order valence-corrected chi connectivity index (χ2v) is 10.4. The molecule has 0 aliphatic heterocycles. The maximum Gasteiger partial charge on any atom is 0.290 e. The lowest BCUT2D eigenvalue weighted by molar-refractivity contribution is 0.101. The van der Waals surface area contributed by atoms with Gasteiger partial charge in [0, 0.05) is 35.6 Å². The molecule has 0 bridgehead atoms. The van der Waals surface area contributed by atoms with E-state index in [0.717, 1.165) is 32.5 Å². The molecule has 38 heavy (non-hydrogen) atoms. The summed E-state index contributed by atoms with van der Waals surface area (Å²) in [6.07, 6.45) is 4.03. The van der Waals surface area contributed by atoms with Crippen LogP contribution in [0.2, 0.25) is 0 Å². The lowest BCUT2D eigenvalue weighted by Gasteiger charge is -2.18. The minimum atomic E-state index is -0.182. The maximum atomic E-state index is 13.3. The number of aryl methyl sites for hydroxylation is 1. The van der Waals surface area contributed by atoms with Crippen molar-refractivity contribution in [1.82, 2.24) is 25.0 Å². The zero-order valence-corrected chi connectivity index (χ0v) is 22.3. The molecule has 1 N–H and O–H groups in total. The largest absolute Gasteiger partial charge is 0.324 e. The Balaban J connectivity index is 1.47. The van der Waals surface area contributed by atoms with Crippen LogP contribution in [0.4, 0.5) is 11.5 Å². The molecule has 0 saturated carbocycles. The zero-order valence-electron chi connectivity index (χ0n) is 21.5. The number of thiazole rings is 1. The number of carbonyl (C=O) groups is 1. The van der Waals surface area contributed by atoms with Crippen LogP contribution in [0, 0.1) is 6.92 Å². The summed E-state index contributed by atoms with van der Waals surface area (Å²) < 4.78 is 1.47. The molecule has 1 unspecified atom stereocenters. The van der Waals surface area contributed by atoms with E-state index in [4.69, 9.17) is 4.98 Å². The summed E-state index contributed by atoms with van der Waals surface area (Å²) in [4.78, 5) is 33.1. The SMILES string of the molecule is CC(=O)c1cccc(CC(c2ccn[nH]2)c2nc(N(C)c3ccnn(Cc4ccccc4)c3=O)c(C)s2)c1. The second kappa shape index (κ2) is 10.9. The Kier molecular flexibility index (Phi) is 7.28. The van der Waals surface area contributed by atoms with E-state index in [1.165, 1.54) is 4.68 Å². The van der Waals surface area contributed by atoms with Crippen LogP contribution < -0.4 is 10.5 Å². The van der Waals surface area contributed by atoms with Crippen LogP contribution in [0.5, 0.6) is 0 Å². The van der Waals surface area contributed by atoms with Gasteiger partial charge in [-0.1, -0.05) is 48.5 Å². The fourth-order valence-corrected chi connectivity index (χ4v) is 5.56. The van der Waals surface area contributed by atoms with Crippen molar-refractivity contribution in [1.29, 1.82) is 0 Å². The zero-order chi connectivity index (χ0) is 26.6. The molecular formula is C29H28N6O2S. The summed E-state index contributed by atoms with van der Waals surface area (Å²) in [7, 11) is 1.86. The van der Waals surface area contributed by atoms with Gasteiger partial charge in [0.05, 0.1) is 12.5 Å². The molecule has 3 aromatic heterocycles. The van der Waals surface area contributed by atoms with Crippen molar-refractivity contribution in [3.8, 4) is 0 Å². The molecule has 0 saturated heterocycles. The molecule has 0 fully saturated rings. The number of nitrogens with one attached hydrogen (secondary N) is 1. The van der Waals surface area contributed by atoms with Gasteiger partial charge in [-0.2, -0.15) is 10.2 Å². The lowest BCUT2D eigenvalue weighted by Crippen LogP contribution is -2.29. The van der Waals surface area contributed by atoms with Crippen LogP contribution in [0.15, 0.2) is 83.9 Å². The predicted molar refractivity (Wildman–Crippen MR) is 150 cm³/mol. The molecule has 1 atom stereocenters. The molecular weight excluding hydrogens is 496 g/mol. The first-order valence-corrected chi connectivity index (χ1v) is 13.1. The Labute approximate surface area is 224 Å². The number of Topliss-reactive ketones (excluding diaryl/α,β-unsaturated/α-hetero) is 1. The van der Waals surface area contributed by atoms with Gasteiger partial charge in [-0.05, 0) is 49.6 Å². The van der Waals surface area contributed by atoms with Crippen LogP contribution in [0.3, 0.4) is 0 Å². The van der Waals surface area contributed by atoms with Gasteiger partial charge in [0.1, 0.15) is 16.5 Å². The first-order chi connectivity index (χ1) is 18.4. The number of hydrogen-bond acceptors (Lipinski definition) is 7. The lowest BCUT2D eigenvalue weighted by atomic mass is 9.95. The molecule has 0 spiro atoms. The quantitative estimate of drug-likeness (QED) is 0.269. The highest BCUT2D eigenvalue weighted by Crippen LogP contribution is 2.36. The monoisotopic (exact) mass is 524 g/mol. The third kappa shape index (κ3) is 5.33. The average molecular weight is 525 g/mol. The third-order valence-electron chi connectivity index (χ3n) is 6.50. The van der Waals surface area contributed by atoms with E-state index < -0.39 is 0 Å². The van der Waals surface area contributed by atoms with E-state index >= 15 is 0 Å². The molecule has 2 aromatic carbocycles. The Morgan fingerprint density at radius 3 is 2.58 bits per heavy atom. The van der Waals surface area contributed by atoms with Gasteiger partial charge in [-0.3, -0.25) is 14.7 Å². The van der Waals surface area contributed by atoms with Gasteiger partial charge >= 0.3 is 0 Å². The number of aromatic nitrogens is 5. The Bertz CT molecular complexity index is 1610. The molecule has 0 aliphatic carbocycles. The molecule has 0 amide bonds. The van der Waals surface area contributed by atoms with Crippen molar-refractivity contribution < 1.29 is 4.79 Å². The number of carbonyl (C=O) groups excluding carboxylic acids is 1. The number of benzene rings is 2. The number of H-pyrrole nitrogens is 1. The highest BCUT2D eigenvalue weighted by molar-refractivity contribution is 7.12. The van der Waals surface area contributed by atoms with Gasteiger partial charge in [0.15, 0.2) is 5.78 Å². The fraction of sp³-hybridized carbons (Fsp3) is 0.207. The van der Waals surface area contributed by atoms with Crippen LogP contribution >= 0.6 is 11.3 Å². The van der Waals surface area contributed by atoms with E-state index in [2.05, 4.69) is 15.3 Å². The second-order valence-electron chi connectivity index (χ2n) is 9.18. The van der Waals surface area contributed by atoms with Crippen molar-refractivity contribution in [2.24, 2.45) is 0 Å². The highest BCUT2D eigenvalue weighted by atomic mass is 32.1. The van der Waals surface area contributed by atoms with E-state index in [1.54, 1.807) is 36.7 Å². The minimum Gasteiger partial charge on any atom is -0.324 e. The van der Waals surface area contributed by atoms with Crippen molar-refractivity contribution in [2.45, 2.75) is 32.7 Å². The number of anilines is 2. The summed E-state index contributed by atoms with van der Waals surface area (Å²) in [5.41, 5.74) is 3.99. The first-order valence-electron chi connectivity index (χ1n) is 12.3. The number of rotatable bonds is 9. The van der Waals surface area contributed by atoms with Crippen LogP contribution in [0.1, 0.15) is 49.9 Å². The highest BCUT2D eigenvalue weighted by Gasteiger charge is 2.24. The van der Waals surface area contributed by atoms with Crippen LogP contribution in [-0.4, -0.2) is 37.8 Å². The smallest absolute Gasteiger partial charge is 0.290 e. The van der Waals surface area contributed by atoms with E-state index in [1.807, 2.05) is 79.5 Å². The van der Waals surface area contributed by atoms with Crippen molar-refractivity contribution in [2.75, 3.05) is 11.9 Å². The molecule has 3 heterocycles. The Hall–Kier alpha value is -4.37. The number of nitrogens with zero attached hydrogens (tertiary/aromatic N) is 5. The fourth-order valence-electron chi connectivity index (χ4n) is 4.49. The molecule has 8 nitrogen and oxygen atoms in total. The van der Waals surface area contributed by atoms with E-state index in [0.29, 0.717) is 24.2 Å². The summed E-state index contributed by atoms with van der Waals surface area (Å²) >= 11 is 1.59. The van der Waals surface area contributed by atoms with Crippen molar-refractivity contribution in [3.63, 3.8) is 0 Å². The molecule has 9 heteroatoms. The standard InChI is InChI=1S/C29H28N6O2S/c1-19(36)23-11-7-10-22(16-23)17-24(25-12-14-30-33-25)28-32-27(20(2)38-28)34(3)26-13-15-31-35(29(26)37)18-21-8-5-4-6-9-21/h4-16,24H,17-18H2,1-3H3,(H,30,33). The molecule has 0 radical (unpaired) electrons. The van der Waals surface area contributed by atoms with Gasteiger partial charge < -0.3 is 4.90 Å². The number of hydrogen-bond donors (Lipinski definition) is 1. The van der Waals surface area contributed by atoms with Gasteiger partial charge in [-0.25, -0.2) is 9.67 Å². The maximum absolute atomic E-state index is 13.3. The topological polar surface area (TPSA) is 96.8 Å². The Morgan fingerprint density at radius 2 is 1.84 bits per heavy atom. The third-order valence-corrected chi connectivity index (χ3v) is 7.58. The Morgan fingerprint density at radius 1 is 1.05 bits per heavy atom. The van der Waals surface area contributed by atoms with Crippen LogP contribution in [-0.2, 0) is 13.0 Å². The van der Waals surface area contributed by atoms with E-state index in [-0.39, 0.29) is 17.3 Å². The number of ketones is 1. The minimum absolute atomic E-state index is 0.0363. The summed E-state index contributed by atoms with van der Waals surface area (Å²) in [5, 5.41) is 12.5. The summed E-state index contributed by atoms with van der Waals surface area (Å²) in [5.74, 6) is 0.675. The van der Waals surface area contributed by atoms with Gasteiger partial charge in [0.2, 0.25) is 0 Å². The molecule has 0 aliphatic rings. The molecule has 5 aromatic rings. The molecule has 192 valence electrons. The average Bonchev–Trinajstić information content (AvgIpc) is 3.59. The number of aromatic amines is 1. The van der Waals surface area contributed by atoms with Gasteiger partial charge in [-0.15, -0.1) is 11.3 Å². The normalized spacial score (nSPS) is 11.9. The van der Waals surface area contributed by atoms with Gasteiger partial charge in [0.25, 0.3) is 5.56 Å². The molecule has 5 rings (SSSR count). The summed E-state index contributed by atoms with van der Waals surface area (Å²) in [6, 6.07) is 21.2. The van der Waals surface area contributed by atoms with E-state index in [9.17, 15) is 9.59 Å². The summed E-state index contributed by atoms with van der Waals surface area (Å²) in [6.45, 7) is 3.98.